The summed E-state index contributed by atoms with van der Waals surface area (Å²) in [5.74, 6) is -7.12. The molecule has 2 amide bonds. The molecule has 1 unspecified atom stereocenters. The summed E-state index contributed by atoms with van der Waals surface area (Å²) in [5, 5.41) is 11.9. The summed E-state index contributed by atoms with van der Waals surface area (Å²) in [4.78, 5) is 105. The predicted molar refractivity (Wildman–Crippen MR) is 178 cm³/mol. The van der Waals surface area contributed by atoms with Crippen molar-refractivity contribution < 1.29 is 48.2 Å². The molecule has 2 aliphatic rings. The van der Waals surface area contributed by atoms with Crippen LogP contribution in [0.5, 0.6) is 0 Å². The maximum Gasteiger partial charge on any atom is 0.330 e. The molecule has 0 radical (unpaired) electrons. The van der Waals surface area contributed by atoms with Gasteiger partial charge in [0.15, 0.2) is 23.4 Å². The molecule has 12 heteroatoms. The number of rotatable bonds is 19. The van der Waals surface area contributed by atoms with Gasteiger partial charge in [-0.25, -0.2) is 4.79 Å². The van der Waals surface area contributed by atoms with E-state index in [1.807, 2.05) is 13.8 Å². The average Bonchev–Trinajstić information content (AvgIpc) is 3.49. The quantitative estimate of drug-likeness (QED) is 0.159. The van der Waals surface area contributed by atoms with Crippen LogP contribution in [0, 0.1) is 23.7 Å². The first-order chi connectivity index (χ1) is 23.3. The van der Waals surface area contributed by atoms with Crippen LogP contribution in [0.2, 0.25) is 0 Å². The van der Waals surface area contributed by atoms with E-state index in [0.717, 1.165) is 32.1 Å². The van der Waals surface area contributed by atoms with Gasteiger partial charge in [0.2, 0.25) is 17.6 Å². The summed E-state index contributed by atoms with van der Waals surface area (Å²) in [6, 6.07) is 5.63. The number of carbonyl (C=O) groups excluding carboxylic acids is 7. The van der Waals surface area contributed by atoms with Gasteiger partial charge in [0.1, 0.15) is 0 Å². The lowest BCUT2D eigenvalue weighted by molar-refractivity contribution is -0.152. The van der Waals surface area contributed by atoms with Gasteiger partial charge in [0.25, 0.3) is 0 Å². The van der Waals surface area contributed by atoms with Crippen LogP contribution >= 0.6 is 0 Å². The van der Waals surface area contributed by atoms with Crippen molar-refractivity contribution in [1.29, 1.82) is 0 Å². The Morgan fingerprint density at radius 3 is 2.24 bits per heavy atom. The van der Waals surface area contributed by atoms with Crippen LogP contribution in [0.25, 0.3) is 0 Å². The van der Waals surface area contributed by atoms with Crippen molar-refractivity contribution in [3.63, 3.8) is 0 Å². The number of ether oxygens (including phenoxy) is 1. The molecule has 1 heterocycles. The third-order valence-corrected chi connectivity index (χ3v) is 9.29. The number of Topliss-reactive ketones (excluding diaryl/α,β-unsaturated/α-hetero) is 4. The van der Waals surface area contributed by atoms with Crippen molar-refractivity contribution in [2.24, 2.45) is 23.7 Å². The number of hydrogen-bond donors (Lipinski definition) is 2. The number of ketones is 4. The number of hydrogen-bond acceptors (Lipinski definition) is 9. The van der Waals surface area contributed by atoms with Crippen LogP contribution in [-0.2, 0) is 43.1 Å². The second-order valence-corrected chi connectivity index (χ2v) is 13.7. The van der Waals surface area contributed by atoms with Crippen LogP contribution in [-0.4, -0.2) is 76.1 Å². The molecule has 1 aromatic rings. The Kier molecular flexibility index (Phi) is 15.3. The fraction of sp³-hybridized carbons (Fsp3) is 0.622. The zero-order valence-corrected chi connectivity index (χ0v) is 28.8. The van der Waals surface area contributed by atoms with Crippen LogP contribution < -0.4 is 5.32 Å². The Labute approximate surface area is 287 Å². The van der Waals surface area contributed by atoms with E-state index in [1.165, 1.54) is 4.90 Å². The first-order valence-corrected chi connectivity index (χ1v) is 17.5. The predicted octanol–water partition coefficient (Wildman–Crippen LogP) is 4.18. The number of nitrogens with one attached hydrogen (secondary N) is 1. The van der Waals surface area contributed by atoms with Crippen molar-refractivity contribution >= 4 is 46.9 Å². The smallest absolute Gasteiger partial charge is 0.330 e. The molecule has 1 aromatic carbocycles. The van der Waals surface area contributed by atoms with Gasteiger partial charge in [-0.05, 0) is 36.7 Å². The fourth-order valence-corrected chi connectivity index (χ4v) is 6.71. The van der Waals surface area contributed by atoms with Gasteiger partial charge in [-0.1, -0.05) is 76.8 Å². The van der Waals surface area contributed by atoms with Gasteiger partial charge >= 0.3 is 11.9 Å². The van der Waals surface area contributed by atoms with Gasteiger partial charge in [-0.2, -0.15) is 0 Å². The lowest BCUT2D eigenvalue weighted by Crippen LogP contribution is -2.47. The summed E-state index contributed by atoms with van der Waals surface area (Å²) in [6.07, 6.45) is 3.47. The zero-order valence-electron chi connectivity index (χ0n) is 28.8. The number of carbonyl (C=O) groups is 8. The largest absolute Gasteiger partial charge is 0.479 e. The van der Waals surface area contributed by atoms with Gasteiger partial charge in [0, 0.05) is 31.6 Å². The Balaban J connectivity index is 1.67. The normalized spacial score (nSPS) is 18.4. The minimum atomic E-state index is -1.33. The first-order valence-electron chi connectivity index (χ1n) is 17.5. The Morgan fingerprint density at radius 2 is 1.63 bits per heavy atom. The molecule has 0 aromatic heterocycles. The van der Waals surface area contributed by atoms with E-state index in [2.05, 4.69) is 5.32 Å². The van der Waals surface area contributed by atoms with Crippen LogP contribution in [0.3, 0.4) is 0 Å². The molecule has 0 bridgehead atoms. The second kappa shape index (κ2) is 19.1. The molecule has 3 rings (SSSR count). The second-order valence-electron chi connectivity index (χ2n) is 13.7. The molecular formula is C37H50N2O10. The lowest BCUT2D eigenvalue weighted by atomic mass is 9.77. The highest BCUT2D eigenvalue weighted by molar-refractivity contribution is 6.38. The number of nitrogens with zero attached hydrogens (tertiary/aromatic N) is 1. The standard InChI is InChI=1S/C37H50N2O10/c1-4-11-26(35(45)30(41)16-17-32(43)38-34(37(47)48)25-14-9-6-10-15-25)18-31(42)29-19-27(40)21-39(29)36(46)28(24-12-7-5-8-13-24)20-33(44)49-22-23(2)3/h6,9-10,14-15,23-24,26,28-29,34H,4-5,7-8,11-13,16-22H2,1-3H3,(H,38,43)(H,47,48)/t26?,28-,29-,34-/m0/s1. The number of aliphatic carboxylic acids is 1. The summed E-state index contributed by atoms with van der Waals surface area (Å²) in [7, 11) is 0. The van der Waals surface area contributed by atoms with E-state index >= 15 is 0 Å². The summed E-state index contributed by atoms with van der Waals surface area (Å²) >= 11 is 0. The maximum absolute atomic E-state index is 14.0. The maximum atomic E-state index is 14.0. The monoisotopic (exact) mass is 682 g/mol. The molecule has 1 saturated heterocycles. The molecule has 1 saturated carbocycles. The van der Waals surface area contributed by atoms with Gasteiger partial charge in [-0.3, -0.25) is 33.6 Å². The van der Waals surface area contributed by atoms with E-state index in [1.54, 1.807) is 37.3 Å². The lowest BCUT2D eigenvalue weighted by Gasteiger charge is -2.33. The zero-order chi connectivity index (χ0) is 36.1. The summed E-state index contributed by atoms with van der Waals surface area (Å²) < 4.78 is 5.38. The van der Waals surface area contributed by atoms with E-state index < -0.39 is 77.9 Å². The van der Waals surface area contributed by atoms with Crippen molar-refractivity contribution in [1.82, 2.24) is 10.2 Å². The van der Waals surface area contributed by atoms with Gasteiger partial charge in [0.05, 0.1) is 31.5 Å². The molecule has 4 atom stereocenters. The Hall–Kier alpha value is -4.22. The highest BCUT2D eigenvalue weighted by Crippen LogP contribution is 2.35. The minimum absolute atomic E-state index is 0.0815. The Bertz CT molecular complexity index is 1370. The van der Waals surface area contributed by atoms with Crippen molar-refractivity contribution in [3.8, 4) is 0 Å². The van der Waals surface area contributed by atoms with Gasteiger partial charge < -0.3 is 20.1 Å². The molecule has 1 aliphatic carbocycles. The molecule has 1 aliphatic heterocycles. The molecule has 0 spiro atoms. The number of likely N-dealkylation sites (tertiary alicyclic amines) is 1. The van der Waals surface area contributed by atoms with Crippen LogP contribution in [0.4, 0.5) is 0 Å². The SMILES string of the molecule is CCCC(CC(=O)[C@@H]1CC(=O)CN1C(=O)[C@@H](CC(=O)OCC(C)C)C1CCCCC1)C(=O)C(=O)CCC(=O)N[C@H](C(=O)O)c1ccccc1. The van der Waals surface area contributed by atoms with E-state index in [4.69, 9.17) is 4.74 Å². The van der Waals surface area contributed by atoms with Crippen LogP contribution in [0.15, 0.2) is 30.3 Å². The summed E-state index contributed by atoms with van der Waals surface area (Å²) in [5.41, 5.74) is 0.348. The van der Waals surface area contributed by atoms with Gasteiger partial charge in [-0.15, -0.1) is 0 Å². The number of carboxylic acid groups (broad SMARTS) is 1. The molecular weight excluding hydrogens is 632 g/mol. The first kappa shape index (κ1) is 39.2. The highest BCUT2D eigenvalue weighted by Gasteiger charge is 2.44. The van der Waals surface area contributed by atoms with Crippen molar-refractivity contribution in [2.45, 2.75) is 110 Å². The number of amides is 2. The molecule has 49 heavy (non-hydrogen) atoms. The fourth-order valence-electron chi connectivity index (χ4n) is 6.71. The number of esters is 1. The van der Waals surface area contributed by atoms with E-state index in [-0.39, 0.29) is 56.5 Å². The number of benzene rings is 1. The van der Waals surface area contributed by atoms with Crippen molar-refractivity contribution in [2.75, 3.05) is 13.2 Å². The minimum Gasteiger partial charge on any atom is -0.479 e. The number of carboxylic acids is 1. The molecule has 12 nitrogen and oxygen atoms in total. The summed E-state index contributed by atoms with van der Waals surface area (Å²) in [6.45, 7) is 5.57. The van der Waals surface area contributed by atoms with Crippen LogP contribution in [0.1, 0.15) is 109 Å². The molecule has 2 N–H and O–H groups in total. The third-order valence-electron chi connectivity index (χ3n) is 9.29. The molecule has 268 valence electrons. The third kappa shape index (κ3) is 11.7. The highest BCUT2D eigenvalue weighted by atomic mass is 16.5. The topological polar surface area (TPSA) is 181 Å². The van der Waals surface area contributed by atoms with E-state index in [9.17, 15) is 43.5 Å². The average molecular weight is 683 g/mol. The van der Waals surface area contributed by atoms with E-state index in [0.29, 0.717) is 12.0 Å². The van der Waals surface area contributed by atoms with Crippen molar-refractivity contribution in [3.05, 3.63) is 35.9 Å². The molecule has 2 fully saturated rings. The Morgan fingerprint density at radius 1 is 0.959 bits per heavy atom.